The number of benzene rings is 1. The standard InChI is InChI=1S/C21H23N7O/c29-19-16-8-9-21(17(16)22-18(23-19)14-6-7-14)10-12-27(13-11-21)20-24-25-26-28(20)15-4-2-1-3-5-15/h1-5,14H,6-13H2,(H,22,23,29). The molecule has 6 rings (SSSR count). The highest BCUT2D eigenvalue weighted by molar-refractivity contribution is 5.43. The molecule has 1 N–H and O–H groups in total. The van der Waals surface area contributed by atoms with Crippen LogP contribution in [0.15, 0.2) is 35.1 Å². The van der Waals surface area contributed by atoms with Crippen LogP contribution in [0.1, 0.15) is 55.1 Å². The van der Waals surface area contributed by atoms with Crippen LogP contribution in [0.2, 0.25) is 0 Å². The molecule has 2 fully saturated rings. The molecule has 1 aliphatic heterocycles. The Labute approximate surface area is 168 Å². The highest BCUT2D eigenvalue weighted by Crippen LogP contribution is 2.46. The fourth-order valence-corrected chi connectivity index (χ4v) is 4.96. The summed E-state index contributed by atoms with van der Waals surface area (Å²) >= 11 is 0. The molecule has 3 heterocycles. The van der Waals surface area contributed by atoms with Crippen LogP contribution in [-0.2, 0) is 11.8 Å². The molecule has 0 atom stereocenters. The Hall–Kier alpha value is -3.03. The van der Waals surface area contributed by atoms with Gasteiger partial charge in [0.15, 0.2) is 0 Å². The summed E-state index contributed by atoms with van der Waals surface area (Å²) in [5.74, 6) is 2.15. The molecule has 1 spiro atoms. The van der Waals surface area contributed by atoms with Crippen molar-refractivity contribution < 1.29 is 0 Å². The van der Waals surface area contributed by atoms with Crippen LogP contribution in [0.3, 0.4) is 0 Å². The molecule has 8 nitrogen and oxygen atoms in total. The molecule has 0 bridgehead atoms. The summed E-state index contributed by atoms with van der Waals surface area (Å²) in [7, 11) is 0. The largest absolute Gasteiger partial charge is 0.339 e. The molecule has 0 radical (unpaired) electrons. The lowest BCUT2D eigenvalue weighted by Crippen LogP contribution is -2.43. The summed E-state index contributed by atoms with van der Waals surface area (Å²) in [6.07, 6.45) is 6.09. The number of rotatable bonds is 3. The van der Waals surface area contributed by atoms with Crippen molar-refractivity contribution in [2.45, 2.75) is 49.9 Å². The fourth-order valence-electron chi connectivity index (χ4n) is 4.96. The van der Waals surface area contributed by atoms with Crippen LogP contribution in [0.25, 0.3) is 5.69 Å². The lowest BCUT2D eigenvalue weighted by Gasteiger charge is -2.39. The van der Waals surface area contributed by atoms with Crippen LogP contribution in [-0.4, -0.2) is 43.3 Å². The number of nitrogens with one attached hydrogen (secondary N) is 1. The molecular formula is C21H23N7O. The van der Waals surface area contributed by atoms with E-state index in [2.05, 4.69) is 25.4 Å². The van der Waals surface area contributed by atoms with Crippen LogP contribution in [0, 0.1) is 0 Å². The Morgan fingerprint density at radius 1 is 1.07 bits per heavy atom. The van der Waals surface area contributed by atoms with E-state index in [0.717, 1.165) is 80.3 Å². The normalized spacial score (nSPS) is 20.2. The van der Waals surface area contributed by atoms with E-state index in [0.29, 0.717) is 5.92 Å². The average Bonchev–Trinajstić information content (AvgIpc) is 3.39. The van der Waals surface area contributed by atoms with Crippen molar-refractivity contribution in [2.75, 3.05) is 18.0 Å². The third-order valence-corrected chi connectivity index (χ3v) is 6.81. The van der Waals surface area contributed by atoms with Gasteiger partial charge in [-0.05, 0) is 61.1 Å². The van der Waals surface area contributed by atoms with Crippen LogP contribution in [0.5, 0.6) is 0 Å². The number of fused-ring (bicyclic) bond motifs is 2. The molecule has 0 amide bonds. The van der Waals surface area contributed by atoms with E-state index in [1.54, 1.807) is 4.68 Å². The van der Waals surface area contributed by atoms with Crippen molar-refractivity contribution in [3.05, 3.63) is 57.8 Å². The van der Waals surface area contributed by atoms with Gasteiger partial charge in [-0.3, -0.25) is 4.79 Å². The summed E-state index contributed by atoms with van der Waals surface area (Å²) in [6, 6.07) is 9.98. The number of nitrogens with zero attached hydrogens (tertiary/aromatic N) is 6. The molecule has 1 aromatic carbocycles. The van der Waals surface area contributed by atoms with Crippen LogP contribution >= 0.6 is 0 Å². The van der Waals surface area contributed by atoms with Gasteiger partial charge in [0.25, 0.3) is 5.56 Å². The van der Waals surface area contributed by atoms with Gasteiger partial charge in [-0.2, -0.15) is 4.68 Å². The monoisotopic (exact) mass is 389 g/mol. The highest BCUT2D eigenvalue weighted by Gasteiger charge is 2.45. The molecule has 8 heteroatoms. The van der Waals surface area contributed by atoms with Crippen molar-refractivity contribution in [2.24, 2.45) is 0 Å². The number of anilines is 1. The Balaban J connectivity index is 1.28. The number of aromatic amines is 1. The predicted octanol–water partition coefficient (Wildman–Crippen LogP) is 2.11. The van der Waals surface area contributed by atoms with Crippen LogP contribution in [0.4, 0.5) is 5.95 Å². The maximum absolute atomic E-state index is 12.6. The predicted molar refractivity (Wildman–Crippen MR) is 107 cm³/mol. The van der Waals surface area contributed by atoms with E-state index in [9.17, 15) is 4.79 Å². The van der Waals surface area contributed by atoms with E-state index < -0.39 is 0 Å². The van der Waals surface area contributed by atoms with Crippen molar-refractivity contribution in [3.63, 3.8) is 0 Å². The second-order valence-electron chi connectivity index (χ2n) is 8.55. The van der Waals surface area contributed by atoms with Gasteiger partial charge in [0.2, 0.25) is 5.95 Å². The van der Waals surface area contributed by atoms with E-state index in [-0.39, 0.29) is 11.0 Å². The lowest BCUT2D eigenvalue weighted by molar-refractivity contribution is 0.319. The molecule has 0 unspecified atom stereocenters. The minimum Gasteiger partial charge on any atom is -0.339 e. The molecule has 1 saturated carbocycles. The van der Waals surface area contributed by atoms with Crippen molar-refractivity contribution in [1.29, 1.82) is 0 Å². The van der Waals surface area contributed by atoms with E-state index >= 15 is 0 Å². The number of tetrazole rings is 1. The Morgan fingerprint density at radius 2 is 1.86 bits per heavy atom. The molecule has 3 aliphatic rings. The zero-order valence-electron chi connectivity index (χ0n) is 16.2. The number of hydrogen-bond acceptors (Lipinski definition) is 6. The molecule has 2 aromatic heterocycles. The molecule has 29 heavy (non-hydrogen) atoms. The summed E-state index contributed by atoms with van der Waals surface area (Å²) < 4.78 is 1.80. The second kappa shape index (κ2) is 6.23. The van der Waals surface area contributed by atoms with E-state index in [1.807, 2.05) is 30.3 Å². The molecule has 3 aromatic rings. The average molecular weight is 389 g/mol. The minimum absolute atomic E-state index is 0.0226. The first-order valence-electron chi connectivity index (χ1n) is 10.5. The van der Waals surface area contributed by atoms with Gasteiger partial charge < -0.3 is 9.88 Å². The third-order valence-electron chi connectivity index (χ3n) is 6.81. The van der Waals surface area contributed by atoms with Gasteiger partial charge >= 0.3 is 0 Å². The summed E-state index contributed by atoms with van der Waals surface area (Å²) in [4.78, 5) is 22.9. The van der Waals surface area contributed by atoms with E-state index in [1.165, 1.54) is 0 Å². The fraction of sp³-hybridized carbons (Fsp3) is 0.476. The van der Waals surface area contributed by atoms with Crippen LogP contribution < -0.4 is 10.5 Å². The maximum Gasteiger partial charge on any atom is 0.254 e. The molecule has 1 saturated heterocycles. The third kappa shape index (κ3) is 2.69. The molecular weight excluding hydrogens is 366 g/mol. The number of piperidine rings is 1. The lowest BCUT2D eigenvalue weighted by atomic mass is 9.76. The Morgan fingerprint density at radius 3 is 2.62 bits per heavy atom. The first-order chi connectivity index (χ1) is 14.2. The summed E-state index contributed by atoms with van der Waals surface area (Å²) in [5.41, 5.74) is 3.06. The second-order valence-corrected chi connectivity index (χ2v) is 8.55. The Kier molecular flexibility index (Phi) is 3.63. The number of aromatic nitrogens is 6. The highest BCUT2D eigenvalue weighted by atomic mass is 16.1. The summed E-state index contributed by atoms with van der Waals surface area (Å²) in [6.45, 7) is 1.72. The SMILES string of the molecule is O=c1[nH]c(C2CC2)nc2c1CCC21CCN(c2nnnn2-c2ccccc2)CC1. The van der Waals surface area contributed by atoms with Gasteiger partial charge in [-0.15, -0.1) is 0 Å². The minimum atomic E-state index is 0.0226. The summed E-state index contributed by atoms with van der Waals surface area (Å²) in [5, 5.41) is 12.4. The molecule has 2 aliphatic carbocycles. The van der Waals surface area contributed by atoms with Crippen molar-refractivity contribution >= 4 is 5.95 Å². The zero-order chi connectivity index (χ0) is 19.4. The quantitative estimate of drug-likeness (QED) is 0.738. The first kappa shape index (κ1) is 16.9. The van der Waals surface area contributed by atoms with Crippen molar-refractivity contribution in [3.8, 4) is 5.69 Å². The van der Waals surface area contributed by atoms with Gasteiger partial charge in [0, 0.05) is 30.0 Å². The smallest absolute Gasteiger partial charge is 0.254 e. The van der Waals surface area contributed by atoms with Gasteiger partial charge in [0.1, 0.15) is 5.82 Å². The van der Waals surface area contributed by atoms with Gasteiger partial charge in [-0.1, -0.05) is 23.3 Å². The number of para-hydroxylation sites is 1. The first-order valence-corrected chi connectivity index (χ1v) is 10.5. The van der Waals surface area contributed by atoms with E-state index in [4.69, 9.17) is 4.98 Å². The zero-order valence-corrected chi connectivity index (χ0v) is 16.2. The number of H-pyrrole nitrogens is 1. The maximum atomic E-state index is 12.6. The number of hydrogen-bond donors (Lipinski definition) is 1. The van der Waals surface area contributed by atoms with Crippen molar-refractivity contribution in [1.82, 2.24) is 30.2 Å². The Bertz CT molecular complexity index is 1110. The van der Waals surface area contributed by atoms with Gasteiger partial charge in [-0.25, -0.2) is 4.98 Å². The molecule has 148 valence electrons. The topological polar surface area (TPSA) is 92.6 Å². The van der Waals surface area contributed by atoms with Gasteiger partial charge in [0.05, 0.1) is 11.4 Å².